The molecule has 1 aromatic heterocycles. The summed E-state index contributed by atoms with van der Waals surface area (Å²) in [7, 11) is 5.89. The van der Waals surface area contributed by atoms with E-state index in [1.807, 2.05) is 50.3 Å². The molecule has 0 radical (unpaired) electrons. The van der Waals surface area contributed by atoms with E-state index in [9.17, 15) is 4.79 Å². The Kier molecular flexibility index (Phi) is 5.28. The lowest BCUT2D eigenvalue weighted by Gasteiger charge is -2.24. The maximum atomic E-state index is 13.0. The Morgan fingerprint density at radius 2 is 2.04 bits per heavy atom. The summed E-state index contributed by atoms with van der Waals surface area (Å²) in [6.45, 7) is 1.63. The maximum absolute atomic E-state index is 13.0. The number of nitrogens with one attached hydrogen (secondary N) is 1. The molecular weight excluding hydrogens is 314 g/mol. The van der Waals surface area contributed by atoms with E-state index in [1.165, 1.54) is 5.56 Å². The lowest BCUT2D eigenvalue weighted by atomic mass is 10.1. The van der Waals surface area contributed by atoms with Crippen molar-refractivity contribution in [2.24, 2.45) is 0 Å². The van der Waals surface area contributed by atoms with E-state index >= 15 is 0 Å². The van der Waals surface area contributed by atoms with Gasteiger partial charge in [-0.1, -0.05) is 12.1 Å². The van der Waals surface area contributed by atoms with Crippen molar-refractivity contribution >= 4 is 11.7 Å². The van der Waals surface area contributed by atoms with Gasteiger partial charge in [-0.2, -0.15) is 0 Å². The van der Waals surface area contributed by atoms with Gasteiger partial charge in [0.25, 0.3) is 5.91 Å². The van der Waals surface area contributed by atoms with E-state index in [4.69, 9.17) is 0 Å². The van der Waals surface area contributed by atoms with Crippen LogP contribution in [0.2, 0.25) is 0 Å². The highest BCUT2D eigenvalue weighted by Crippen LogP contribution is 2.32. The molecule has 0 saturated carbocycles. The fourth-order valence-electron chi connectivity index (χ4n) is 3.26. The van der Waals surface area contributed by atoms with Crippen LogP contribution in [0, 0.1) is 0 Å². The average Bonchev–Trinajstić information content (AvgIpc) is 3.11. The zero-order chi connectivity index (χ0) is 17.8. The molecule has 1 amide bonds. The van der Waals surface area contributed by atoms with Crippen LogP contribution in [0.25, 0.3) is 0 Å². The van der Waals surface area contributed by atoms with Crippen LogP contribution in [0.1, 0.15) is 40.5 Å². The number of nitrogens with zero attached hydrogens (tertiary/aromatic N) is 4. The summed E-state index contributed by atoms with van der Waals surface area (Å²) >= 11 is 0. The Labute approximate surface area is 148 Å². The van der Waals surface area contributed by atoms with Crippen LogP contribution in [0.5, 0.6) is 0 Å². The molecule has 6 nitrogen and oxygen atoms in total. The molecular formula is C19H25N5O. The van der Waals surface area contributed by atoms with Gasteiger partial charge in [0.2, 0.25) is 0 Å². The molecule has 2 aromatic rings. The van der Waals surface area contributed by atoms with Gasteiger partial charge >= 0.3 is 0 Å². The van der Waals surface area contributed by atoms with E-state index < -0.39 is 0 Å². The monoisotopic (exact) mass is 339 g/mol. The number of amides is 1. The third kappa shape index (κ3) is 3.96. The number of hydrogen-bond acceptors (Lipinski definition) is 5. The van der Waals surface area contributed by atoms with E-state index in [0.717, 1.165) is 43.0 Å². The molecule has 0 spiro atoms. The number of benzene rings is 1. The zero-order valence-electron chi connectivity index (χ0n) is 15.1. The second-order valence-electron chi connectivity index (χ2n) is 6.67. The predicted octanol–water partition coefficient (Wildman–Crippen LogP) is 2.56. The Bertz CT molecular complexity index is 729. The first kappa shape index (κ1) is 17.4. The Hall–Kier alpha value is -2.47. The van der Waals surface area contributed by atoms with Gasteiger partial charge in [0.05, 0.1) is 24.1 Å². The summed E-state index contributed by atoms with van der Waals surface area (Å²) in [5.74, 6) is 0.792. The van der Waals surface area contributed by atoms with Gasteiger partial charge in [0.1, 0.15) is 5.82 Å². The highest BCUT2D eigenvalue weighted by Gasteiger charge is 2.31. The van der Waals surface area contributed by atoms with Gasteiger partial charge < -0.3 is 15.1 Å². The summed E-state index contributed by atoms with van der Waals surface area (Å²) in [4.78, 5) is 25.8. The molecule has 0 unspecified atom stereocenters. The molecule has 2 heterocycles. The van der Waals surface area contributed by atoms with Crippen LogP contribution in [0.3, 0.4) is 0 Å². The van der Waals surface area contributed by atoms with Crippen molar-refractivity contribution in [3.63, 3.8) is 0 Å². The van der Waals surface area contributed by atoms with Crippen molar-refractivity contribution in [1.29, 1.82) is 0 Å². The van der Waals surface area contributed by atoms with Gasteiger partial charge in [-0.3, -0.25) is 9.78 Å². The SMILES string of the molecule is CNc1cncc([C@@H]2CCCN2C(=O)c2ccc(CN(C)C)cc2)n1. The molecule has 0 aliphatic carbocycles. The molecule has 1 aromatic carbocycles. The lowest BCUT2D eigenvalue weighted by Crippen LogP contribution is -2.31. The molecule has 132 valence electrons. The van der Waals surface area contributed by atoms with Gasteiger partial charge in [-0.05, 0) is 44.6 Å². The van der Waals surface area contributed by atoms with Crippen molar-refractivity contribution < 1.29 is 4.79 Å². The molecule has 3 rings (SSSR count). The second-order valence-corrected chi connectivity index (χ2v) is 6.67. The minimum Gasteiger partial charge on any atom is -0.372 e. The molecule has 25 heavy (non-hydrogen) atoms. The molecule has 1 N–H and O–H groups in total. The smallest absolute Gasteiger partial charge is 0.254 e. The largest absolute Gasteiger partial charge is 0.372 e. The van der Waals surface area contributed by atoms with Gasteiger partial charge in [0, 0.05) is 25.7 Å². The number of anilines is 1. The second kappa shape index (κ2) is 7.61. The zero-order valence-corrected chi connectivity index (χ0v) is 15.1. The van der Waals surface area contributed by atoms with Crippen LogP contribution in [-0.4, -0.2) is 53.4 Å². The van der Waals surface area contributed by atoms with Crippen LogP contribution < -0.4 is 5.32 Å². The summed E-state index contributed by atoms with van der Waals surface area (Å²) in [6.07, 6.45) is 5.36. The Balaban J connectivity index is 1.78. The van der Waals surface area contributed by atoms with Crippen LogP contribution in [0.4, 0.5) is 5.82 Å². The standard InChI is InChI=1S/C19H25N5O/c1-20-18-12-21-11-16(22-18)17-5-4-10-24(17)19(25)15-8-6-14(7-9-15)13-23(2)3/h6-9,11-12,17H,4-5,10,13H2,1-3H3,(H,20,22)/t17-/m0/s1. The third-order valence-corrected chi connectivity index (χ3v) is 4.46. The number of aromatic nitrogens is 2. The third-order valence-electron chi connectivity index (χ3n) is 4.46. The number of hydrogen-bond donors (Lipinski definition) is 1. The molecule has 1 fully saturated rings. The summed E-state index contributed by atoms with van der Waals surface area (Å²) in [5, 5.41) is 3.01. The summed E-state index contributed by atoms with van der Waals surface area (Å²) < 4.78 is 0. The number of likely N-dealkylation sites (tertiary alicyclic amines) is 1. The molecule has 1 aliphatic rings. The summed E-state index contributed by atoms with van der Waals surface area (Å²) in [5.41, 5.74) is 2.78. The number of carbonyl (C=O) groups excluding carboxylic acids is 1. The highest BCUT2D eigenvalue weighted by atomic mass is 16.2. The fraction of sp³-hybridized carbons (Fsp3) is 0.421. The van der Waals surface area contributed by atoms with E-state index in [2.05, 4.69) is 20.2 Å². The van der Waals surface area contributed by atoms with E-state index in [1.54, 1.807) is 12.4 Å². The minimum absolute atomic E-state index is 0.00486. The molecule has 1 aliphatic heterocycles. The summed E-state index contributed by atoms with van der Waals surface area (Å²) in [6, 6.07) is 7.90. The first-order valence-corrected chi connectivity index (χ1v) is 8.63. The van der Waals surface area contributed by atoms with E-state index in [-0.39, 0.29) is 11.9 Å². The minimum atomic E-state index is -0.00486. The van der Waals surface area contributed by atoms with Gasteiger partial charge in [0.15, 0.2) is 0 Å². The average molecular weight is 339 g/mol. The highest BCUT2D eigenvalue weighted by molar-refractivity contribution is 5.94. The normalized spacial score (nSPS) is 17.1. The van der Waals surface area contributed by atoms with Crippen LogP contribution in [0.15, 0.2) is 36.7 Å². The van der Waals surface area contributed by atoms with Crippen molar-refractivity contribution in [2.45, 2.75) is 25.4 Å². The quantitative estimate of drug-likeness (QED) is 0.907. The van der Waals surface area contributed by atoms with Crippen molar-refractivity contribution in [3.8, 4) is 0 Å². The van der Waals surface area contributed by atoms with Crippen LogP contribution in [-0.2, 0) is 6.54 Å². The van der Waals surface area contributed by atoms with E-state index in [0.29, 0.717) is 0 Å². The topological polar surface area (TPSA) is 61.4 Å². The molecule has 1 atom stereocenters. The molecule has 6 heteroatoms. The fourth-order valence-corrected chi connectivity index (χ4v) is 3.26. The lowest BCUT2D eigenvalue weighted by molar-refractivity contribution is 0.0732. The Morgan fingerprint density at radius 1 is 1.28 bits per heavy atom. The van der Waals surface area contributed by atoms with Crippen LogP contribution >= 0.6 is 0 Å². The predicted molar refractivity (Wildman–Crippen MR) is 98.4 cm³/mol. The first-order chi connectivity index (χ1) is 12.1. The molecule has 0 bridgehead atoms. The van der Waals surface area contributed by atoms with Gasteiger partial charge in [-0.15, -0.1) is 0 Å². The molecule has 1 saturated heterocycles. The van der Waals surface area contributed by atoms with Crippen molar-refractivity contribution in [3.05, 3.63) is 53.5 Å². The first-order valence-electron chi connectivity index (χ1n) is 8.63. The van der Waals surface area contributed by atoms with Gasteiger partial charge in [-0.25, -0.2) is 4.98 Å². The number of rotatable bonds is 5. The van der Waals surface area contributed by atoms with Crippen molar-refractivity contribution in [1.82, 2.24) is 19.8 Å². The van der Waals surface area contributed by atoms with Crippen molar-refractivity contribution in [2.75, 3.05) is 33.0 Å². The Morgan fingerprint density at radius 3 is 2.72 bits per heavy atom. The number of carbonyl (C=O) groups is 1. The maximum Gasteiger partial charge on any atom is 0.254 e.